The fraction of sp³-hybridized carbons (Fsp3) is 0.467. The number of para-hydroxylation sites is 2. The third kappa shape index (κ3) is 2.46. The fourth-order valence-corrected chi connectivity index (χ4v) is 2.71. The van der Waals surface area contributed by atoms with Crippen LogP contribution in [0.2, 0.25) is 0 Å². The minimum Gasteiger partial charge on any atom is -0.378 e. The fourth-order valence-electron chi connectivity index (χ4n) is 2.71. The van der Waals surface area contributed by atoms with E-state index in [2.05, 4.69) is 17.2 Å². The number of ketones is 1. The molecule has 0 bridgehead atoms. The molecular weight excluding hydrogens is 254 g/mol. The van der Waals surface area contributed by atoms with E-state index in [0.29, 0.717) is 31.5 Å². The summed E-state index contributed by atoms with van der Waals surface area (Å²) in [6.07, 6.45) is 0.418. The number of carbonyl (C=O) groups is 1. The number of benzene rings is 1. The SMILES string of the molecule is CC1COCC(CC(=O)c2nc3ccccc3n2C)N1. The highest BCUT2D eigenvalue weighted by Gasteiger charge is 2.24. The van der Waals surface area contributed by atoms with Crippen molar-refractivity contribution in [3.63, 3.8) is 0 Å². The van der Waals surface area contributed by atoms with E-state index in [1.807, 2.05) is 35.9 Å². The molecule has 0 aliphatic carbocycles. The number of carbonyl (C=O) groups excluding carboxylic acids is 1. The summed E-state index contributed by atoms with van der Waals surface area (Å²) in [5.41, 5.74) is 1.84. The number of rotatable bonds is 3. The summed E-state index contributed by atoms with van der Waals surface area (Å²) < 4.78 is 7.34. The maximum atomic E-state index is 12.4. The predicted molar refractivity (Wildman–Crippen MR) is 76.9 cm³/mol. The van der Waals surface area contributed by atoms with Crippen LogP contribution in [0.1, 0.15) is 24.0 Å². The Bertz CT molecular complexity index is 635. The molecule has 0 spiro atoms. The molecule has 5 nitrogen and oxygen atoms in total. The average Bonchev–Trinajstić information content (AvgIpc) is 2.77. The Morgan fingerprint density at radius 3 is 3.00 bits per heavy atom. The van der Waals surface area contributed by atoms with E-state index in [1.165, 1.54) is 0 Å². The van der Waals surface area contributed by atoms with Crippen LogP contribution in [0, 0.1) is 0 Å². The molecule has 106 valence electrons. The zero-order valence-electron chi connectivity index (χ0n) is 11.8. The second-order valence-corrected chi connectivity index (χ2v) is 5.41. The molecule has 1 aliphatic rings. The van der Waals surface area contributed by atoms with Gasteiger partial charge in [-0.2, -0.15) is 0 Å². The monoisotopic (exact) mass is 273 g/mol. The Hall–Kier alpha value is -1.72. The normalized spacial score (nSPS) is 23.1. The maximum absolute atomic E-state index is 12.4. The summed E-state index contributed by atoms with van der Waals surface area (Å²) in [4.78, 5) is 16.9. The van der Waals surface area contributed by atoms with Crippen LogP contribution >= 0.6 is 0 Å². The zero-order chi connectivity index (χ0) is 14.1. The van der Waals surface area contributed by atoms with Crippen LogP contribution in [0.15, 0.2) is 24.3 Å². The number of hydrogen-bond acceptors (Lipinski definition) is 4. The Balaban J connectivity index is 1.80. The Labute approximate surface area is 117 Å². The second-order valence-electron chi connectivity index (χ2n) is 5.41. The van der Waals surface area contributed by atoms with E-state index < -0.39 is 0 Å². The van der Waals surface area contributed by atoms with Gasteiger partial charge in [0.1, 0.15) is 0 Å². The lowest BCUT2D eigenvalue weighted by Crippen LogP contribution is -2.48. The van der Waals surface area contributed by atoms with Crippen molar-refractivity contribution in [1.29, 1.82) is 0 Å². The number of hydrogen-bond donors (Lipinski definition) is 1. The van der Waals surface area contributed by atoms with Gasteiger partial charge in [0.05, 0.1) is 24.2 Å². The smallest absolute Gasteiger partial charge is 0.199 e. The van der Waals surface area contributed by atoms with E-state index in [0.717, 1.165) is 11.0 Å². The lowest BCUT2D eigenvalue weighted by atomic mass is 10.1. The second kappa shape index (κ2) is 5.34. The maximum Gasteiger partial charge on any atom is 0.199 e. The summed E-state index contributed by atoms with van der Waals surface area (Å²) in [7, 11) is 1.88. The topological polar surface area (TPSA) is 56.1 Å². The largest absolute Gasteiger partial charge is 0.378 e. The first kappa shape index (κ1) is 13.3. The third-order valence-electron chi connectivity index (χ3n) is 3.68. The summed E-state index contributed by atoms with van der Waals surface area (Å²) in [6.45, 7) is 3.35. The van der Waals surface area contributed by atoms with Crippen LogP contribution in [-0.4, -0.2) is 40.6 Å². The molecule has 1 N–H and O–H groups in total. The molecule has 0 amide bonds. The predicted octanol–water partition coefficient (Wildman–Crippen LogP) is 1.52. The summed E-state index contributed by atoms with van der Waals surface area (Å²) in [6, 6.07) is 8.16. The number of nitrogens with one attached hydrogen (secondary N) is 1. The molecule has 2 atom stereocenters. The van der Waals surface area contributed by atoms with Crippen LogP contribution in [0.25, 0.3) is 11.0 Å². The number of nitrogens with zero attached hydrogens (tertiary/aromatic N) is 2. The molecule has 3 rings (SSSR count). The average molecular weight is 273 g/mol. The molecule has 2 aromatic rings. The van der Waals surface area contributed by atoms with Crippen molar-refractivity contribution in [2.24, 2.45) is 7.05 Å². The quantitative estimate of drug-likeness (QED) is 0.862. The van der Waals surface area contributed by atoms with E-state index in [9.17, 15) is 4.79 Å². The lowest BCUT2D eigenvalue weighted by molar-refractivity contribution is 0.0461. The van der Waals surface area contributed by atoms with Crippen molar-refractivity contribution >= 4 is 16.8 Å². The van der Waals surface area contributed by atoms with Crippen molar-refractivity contribution in [1.82, 2.24) is 14.9 Å². The van der Waals surface area contributed by atoms with Gasteiger partial charge in [-0.05, 0) is 19.1 Å². The number of aryl methyl sites for hydroxylation is 1. The van der Waals surface area contributed by atoms with Crippen LogP contribution in [-0.2, 0) is 11.8 Å². The van der Waals surface area contributed by atoms with E-state index in [-0.39, 0.29) is 11.8 Å². The minimum atomic E-state index is 0.0545. The van der Waals surface area contributed by atoms with Crippen LogP contribution < -0.4 is 5.32 Å². The number of morpholine rings is 1. The minimum absolute atomic E-state index is 0.0545. The molecule has 1 aromatic carbocycles. The number of aromatic nitrogens is 2. The van der Waals surface area contributed by atoms with Gasteiger partial charge in [0.25, 0.3) is 0 Å². The van der Waals surface area contributed by atoms with Crippen molar-refractivity contribution < 1.29 is 9.53 Å². The molecule has 1 saturated heterocycles. The molecule has 0 saturated carbocycles. The first-order valence-electron chi connectivity index (χ1n) is 6.93. The molecule has 20 heavy (non-hydrogen) atoms. The van der Waals surface area contributed by atoms with Gasteiger partial charge < -0.3 is 14.6 Å². The molecule has 1 fully saturated rings. The summed E-state index contributed by atoms with van der Waals surface area (Å²) >= 11 is 0. The molecule has 2 unspecified atom stereocenters. The Morgan fingerprint density at radius 1 is 1.45 bits per heavy atom. The highest BCUT2D eigenvalue weighted by molar-refractivity contribution is 5.96. The van der Waals surface area contributed by atoms with Crippen LogP contribution in [0.5, 0.6) is 0 Å². The van der Waals surface area contributed by atoms with Crippen molar-refractivity contribution in [3.05, 3.63) is 30.1 Å². The Morgan fingerprint density at radius 2 is 2.25 bits per heavy atom. The molecule has 1 aliphatic heterocycles. The van der Waals surface area contributed by atoms with Gasteiger partial charge in [0.2, 0.25) is 0 Å². The zero-order valence-corrected chi connectivity index (χ0v) is 11.8. The number of imidazole rings is 1. The first-order chi connectivity index (χ1) is 9.65. The van der Waals surface area contributed by atoms with Gasteiger partial charge in [-0.3, -0.25) is 4.79 Å². The summed E-state index contributed by atoms with van der Waals surface area (Å²) in [5, 5.41) is 3.39. The highest BCUT2D eigenvalue weighted by Crippen LogP contribution is 2.16. The van der Waals surface area contributed by atoms with Crippen molar-refractivity contribution in [2.45, 2.75) is 25.4 Å². The van der Waals surface area contributed by atoms with E-state index >= 15 is 0 Å². The number of ether oxygens (including phenoxy) is 1. The van der Waals surface area contributed by atoms with Crippen molar-refractivity contribution in [2.75, 3.05) is 13.2 Å². The van der Waals surface area contributed by atoms with Crippen molar-refractivity contribution in [3.8, 4) is 0 Å². The molecule has 1 aromatic heterocycles. The first-order valence-corrected chi connectivity index (χ1v) is 6.93. The Kier molecular flexibility index (Phi) is 3.54. The van der Waals surface area contributed by atoms with Gasteiger partial charge in [0.15, 0.2) is 11.6 Å². The third-order valence-corrected chi connectivity index (χ3v) is 3.68. The van der Waals surface area contributed by atoms with E-state index in [1.54, 1.807) is 0 Å². The number of Topliss-reactive ketones (excluding diaryl/α,β-unsaturated/α-hetero) is 1. The molecule has 0 radical (unpaired) electrons. The molecule has 5 heteroatoms. The molecular formula is C15H19N3O2. The standard InChI is InChI=1S/C15H19N3O2/c1-10-8-20-9-11(16-10)7-14(19)15-17-12-5-3-4-6-13(12)18(15)2/h3-6,10-11,16H,7-9H2,1-2H3. The van der Waals surface area contributed by atoms with E-state index in [4.69, 9.17) is 4.74 Å². The van der Waals surface area contributed by atoms with Gasteiger partial charge in [-0.15, -0.1) is 0 Å². The van der Waals surface area contributed by atoms with Gasteiger partial charge in [-0.1, -0.05) is 12.1 Å². The van der Waals surface area contributed by atoms with Crippen LogP contribution in [0.3, 0.4) is 0 Å². The van der Waals surface area contributed by atoms with Crippen LogP contribution in [0.4, 0.5) is 0 Å². The summed E-state index contributed by atoms with van der Waals surface area (Å²) in [5.74, 6) is 0.574. The number of fused-ring (bicyclic) bond motifs is 1. The van der Waals surface area contributed by atoms with Gasteiger partial charge in [0, 0.05) is 25.6 Å². The highest BCUT2D eigenvalue weighted by atomic mass is 16.5. The van der Waals surface area contributed by atoms with Gasteiger partial charge in [-0.25, -0.2) is 4.98 Å². The lowest BCUT2D eigenvalue weighted by Gasteiger charge is -2.28. The molecule has 2 heterocycles. The van der Waals surface area contributed by atoms with Gasteiger partial charge >= 0.3 is 0 Å².